The van der Waals surface area contributed by atoms with Crippen LogP contribution >= 0.6 is 11.6 Å². The zero-order valence-corrected chi connectivity index (χ0v) is 9.62. The largest absolute Gasteiger partial charge is 0.192 e. The molecular formula is C14H10ClN. The number of hydrogen-bond donors (Lipinski definition) is 0. The van der Waals surface area contributed by atoms with Crippen molar-refractivity contribution in [2.24, 2.45) is 0 Å². The Morgan fingerprint density at radius 3 is 2.31 bits per heavy atom. The molecule has 2 aromatic carbocycles. The van der Waals surface area contributed by atoms with Crippen molar-refractivity contribution in [3.63, 3.8) is 0 Å². The molecule has 2 heteroatoms. The minimum atomic E-state index is 0.586. The summed E-state index contributed by atoms with van der Waals surface area (Å²) in [6, 6.07) is 15.6. The molecule has 0 saturated heterocycles. The van der Waals surface area contributed by atoms with E-state index in [0.29, 0.717) is 10.6 Å². The zero-order valence-electron chi connectivity index (χ0n) is 8.87. The lowest BCUT2D eigenvalue weighted by Gasteiger charge is -2.03. The minimum absolute atomic E-state index is 0.586. The molecule has 0 amide bonds. The molecule has 0 aliphatic heterocycles. The highest BCUT2D eigenvalue weighted by Crippen LogP contribution is 2.24. The highest BCUT2D eigenvalue weighted by Gasteiger charge is 2.01. The second kappa shape index (κ2) is 4.38. The van der Waals surface area contributed by atoms with Gasteiger partial charge in [-0.25, -0.2) is 0 Å². The van der Waals surface area contributed by atoms with E-state index >= 15 is 0 Å². The van der Waals surface area contributed by atoms with Gasteiger partial charge >= 0.3 is 0 Å². The van der Waals surface area contributed by atoms with Crippen LogP contribution in [-0.2, 0) is 0 Å². The summed E-state index contributed by atoms with van der Waals surface area (Å²) in [6.45, 7) is 2.04. The fraction of sp³-hybridized carbons (Fsp3) is 0.0714. The maximum atomic E-state index is 8.87. The molecule has 0 radical (unpaired) electrons. The Morgan fingerprint density at radius 2 is 1.69 bits per heavy atom. The normalized spacial score (nSPS) is 9.81. The van der Waals surface area contributed by atoms with Gasteiger partial charge in [-0.15, -0.1) is 0 Å². The Balaban J connectivity index is 2.52. The second-order valence-corrected chi connectivity index (χ2v) is 4.14. The highest BCUT2D eigenvalue weighted by molar-refractivity contribution is 6.31. The van der Waals surface area contributed by atoms with E-state index in [2.05, 4.69) is 6.07 Å². The first-order valence-electron chi connectivity index (χ1n) is 4.97. The third kappa shape index (κ3) is 2.24. The third-order valence-electron chi connectivity index (χ3n) is 2.41. The SMILES string of the molecule is Cc1ccc(-c2cc(Cl)cc(C#N)c2)cc1. The van der Waals surface area contributed by atoms with Crippen molar-refractivity contribution < 1.29 is 0 Å². The number of hydrogen-bond acceptors (Lipinski definition) is 1. The van der Waals surface area contributed by atoms with Gasteiger partial charge in [-0.3, -0.25) is 0 Å². The summed E-state index contributed by atoms with van der Waals surface area (Å²) in [5.74, 6) is 0. The minimum Gasteiger partial charge on any atom is -0.192 e. The first kappa shape index (κ1) is 10.7. The predicted molar refractivity (Wildman–Crippen MR) is 66.3 cm³/mol. The molecule has 0 spiro atoms. The second-order valence-electron chi connectivity index (χ2n) is 3.71. The number of halogens is 1. The Kier molecular flexibility index (Phi) is 2.94. The Morgan fingerprint density at radius 1 is 1.00 bits per heavy atom. The van der Waals surface area contributed by atoms with Crippen molar-refractivity contribution >= 4 is 11.6 Å². The van der Waals surface area contributed by atoms with E-state index in [1.165, 1.54) is 5.56 Å². The Hall–Kier alpha value is -1.78. The number of nitrogens with zero attached hydrogens (tertiary/aromatic N) is 1. The van der Waals surface area contributed by atoms with E-state index in [9.17, 15) is 0 Å². The van der Waals surface area contributed by atoms with Gasteiger partial charge in [0.15, 0.2) is 0 Å². The molecule has 0 aliphatic rings. The van der Waals surface area contributed by atoms with Crippen LogP contribution in [0.1, 0.15) is 11.1 Å². The lowest BCUT2D eigenvalue weighted by Crippen LogP contribution is -1.81. The molecule has 0 heterocycles. The molecule has 0 saturated carbocycles. The molecule has 2 aromatic rings. The summed E-state index contributed by atoms with van der Waals surface area (Å²) >= 11 is 5.96. The number of rotatable bonds is 1. The van der Waals surface area contributed by atoms with Gasteiger partial charge in [0.05, 0.1) is 11.6 Å². The van der Waals surface area contributed by atoms with Crippen LogP contribution in [0.5, 0.6) is 0 Å². The van der Waals surface area contributed by atoms with E-state index in [1.54, 1.807) is 6.07 Å². The fourth-order valence-corrected chi connectivity index (χ4v) is 1.80. The summed E-state index contributed by atoms with van der Waals surface area (Å²) in [5, 5.41) is 9.46. The maximum Gasteiger partial charge on any atom is 0.0992 e. The molecule has 0 aromatic heterocycles. The van der Waals surface area contributed by atoms with Gasteiger partial charge in [0, 0.05) is 5.02 Å². The standard InChI is InChI=1S/C14H10ClN/c1-10-2-4-12(5-3-10)13-6-11(9-16)7-14(15)8-13/h2-8H,1H3. The molecule has 0 unspecified atom stereocenters. The molecule has 16 heavy (non-hydrogen) atoms. The monoisotopic (exact) mass is 227 g/mol. The summed E-state index contributed by atoms with van der Waals surface area (Å²) in [5.41, 5.74) is 3.85. The fourth-order valence-electron chi connectivity index (χ4n) is 1.57. The van der Waals surface area contributed by atoms with Crippen LogP contribution in [0.3, 0.4) is 0 Å². The average molecular weight is 228 g/mol. The van der Waals surface area contributed by atoms with Crippen molar-refractivity contribution in [2.75, 3.05) is 0 Å². The van der Waals surface area contributed by atoms with Gasteiger partial charge in [-0.05, 0) is 36.2 Å². The predicted octanol–water partition coefficient (Wildman–Crippen LogP) is 4.19. The molecule has 0 aliphatic carbocycles. The molecule has 1 nitrogen and oxygen atoms in total. The van der Waals surface area contributed by atoms with E-state index in [-0.39, 0.29) is 0 Å². The van der Waals surface area contributed by atoms with E-state index in [4.69, 9.17) is 16.9 Å². The molecule has 0 fully saturated rings. The van der Waals surface area contributed by atoms with Crippen molar-refractivity contribution in [2.45, 2.75) is 6.92 Å². The van der Waals surface area contributed by atoms with Crippen molar-refractivity contribution in [3.05, 3.63) is 58.6 Å². The van der Waals surface area contributed by atoms with Crippen LogP contribution in [0.25, 0.3) is 11.1 Å². The topological polar surface area (TPSA) is 23.8 Å². The molecule has 2 rings (SSSR count). The smallest absolute Gasteiger partial charge is 0.0992 e. The van der Waals surface area contributed by atoms with E-state index < -0.39 is 0 Å². The lowest BCUT2D eigenvalue weighted by atomic mass is 10.0. The van der Waals surface area contributed by atoms with Crippen molar-refractivity contribution in [1.82, 2.24) is 0 Å². The van der Waals surface area contributed by atoms with Crippen LogP contribution in [0.4, 0.5) is 0 Å². The lowest BCUT2D eigenvalue weighted by molar-refractivity contribution is 1.46. The summed E-state index contributed by atoms with van der Waals surface area (Å²) in [4.78, 5) is 0. The molecule has 0 N–H and O–H groups in total. The van der Waals surface area contributed by atoms with Gasteiger partial charge in [0.2, 0.25) is 0 Å². The average Bonchev–Trinajstić information content (AvgIpc) is 2.29. The molecule has 0 bridgehead atoms. The first-order chi connectivity index (χ1) is 7.69. The van der Waals surface area contributed by atoms with E-state index in [0.717, 1.165) is 11.1 Å². The van der Waals surface area contributed by atoms with Gasteiger partial charge in [-0.2, -0.15) is 5.26 Å². The van der Waals surface area contributed by atoms with Gasteiger partial charge in [0.25, 0.3) is 0 Å². The maximum absolute atomic E-state index is 8.87. The Bertz CT molecular complexity index is 550. The molecule has 78 valence electrons. The quantitative estimate of drug-likeness (QED) is 0.717. The van der Waals surface area contributed by atoms with E-state index in [1.807, 2.05) is 43.3 Å². The van der Waals surface area contributed by atoms with Crippen LogP contribution in [0, 0.1) is 18.3 Å². The summed E-state index contributed by atoms with van der Waals surface area (Å²) in [6.07, 6.45) is 0. The van der Waals surface area contributed by atoms with Crippen molar-refractivity contribution in [1.29, 1.82) is 5.26 Å². The molecule has 0 atom stereocenters. The van der Waals surface area contributed by atoms with Gasteiger partial charge in [-0.1, -0.05) is 41.4 Å². The third-order valence-corrected chi connectivity index (χ3v) is 2.63. The van der Waals surface area contributed by atoms with Crippen molar-refractivity contribution in [3.8, 4) is 17.2 Å². The van der Waals surface area contributed by atoms with Crippen LogP contribution in [-0.4, -0.2) is 0 Å². The number of aryl methyl sites for hydroxylation is 1. The summed E-state index contributed by atoms with van der Waals surface area (Å²) in [7, 11) is 0. The van der Waals surface area contributed by atoms with Crippen LogP contribution in [0.2, 0.25) is 5.02 Å². The van der Waals surface area contributed by atoms with Gasteiger partial charge < -0.3 is 0 Å². The van der Waals surface area contributed by atoms with Gasteiger partial charge in [0.1, 0.15) is 0 Å². The number of benzene rings is 2. The Labute approximate surface area is 99.9 Å². The highest BCUT2D eigenvalue weighted by atomic mass is 35.5. The summed E-state index contributed by atoms with van der Waals surface area (Å²) < 4.78 is 0. The zero-order chi connectivity index (χ0) is 11.5. The molecular weight excluding hydrogens is 218 g/mol. The van der Waals surface area contributed by atoms with Crippen LogP contribution < -0.4 is 0 Å². The first-order valence-corrected chi connectivity index (χ1v) is 5.34. The van der Waals surface area contributed by atoms with Crippen LogP contribution in [0.15, 0.2) is 42.5 Å². The number of nitriles is 1.